The number of anilines is 2. The van der Waals surface area contributed by atoms with Gasteiger partial charge in [-0.3, -0.25) is 0 Å². The minimum absolute atomic E-state index is 0.0953. The van der Waals surface area contributed by atoms with Crippen LogP contribution in [0.3, 0.4) is 0 Å². The van der Waals surface area contributed by atoms with Crippen LogP contribution in [-0.4, -0.2) is 0 Å². The molecule has 0 N–H and O–H groups in total. The van der Waals surface area contributed by atoms with Gasteiger partial charge in [-0.15, -0.1) is 22.7 Å². The van der Waals surface area contributed by atoms with Gasteiger partial charge in [0, 0.05) is 52.9 Å². The van der Waals surface area contributed by atoms with Crippen molar-refractivity contribution in [1.82, 2.24) is 0 Å². The Morgan fingerprint density at radius 3 is 2.13 bits per heavy atom. The predicted molar refractivity (Wildman–Crippen MR) is 236 cm³/mol. The van der Waals surface area contributed by atoms with Crippen molar-refractivity contribution in [3.63, 3.8) is 0 Å². The molecule has 54 heavy (non-hydrogen) atoms. The Bertz CT molecular complexity index is 2910. The molecule has 2 heterocycles. The fourth-order valence-electron chi connectivity index (χ4n) is 9.62. The minimum Gasteiger partial charge on any atom is -0.313 e. The minimum atomic E-state index is 0.0953. The van der Waals surface area contributed by atoms with Crippen molar-refractivity contribution in [2.45, 2.75) is 38.0 Å². The first-order valence-electron chi connectivity index (χ1n) is 19.1. The van der Waals surface area contributed by atoms with E-state index in [9.17, 15) is 0 Å². The van der Waals surface area contributed by atoms with Gasteiger partial charge in [-0.1, -0.05) is 147 Å². The van der Waals surface area contributed by atoms with Crippen LogP contribution in [0.25, 0.3) is 57.0 Å². The highest BCUT2D eigenvalue weighted by Gasteiger charge is 2.45. The summed E-state index contributed by atoms with van der Waals surface area (Å²) in [5.41, 5.74) is 12.2. The number of hydrogen-bond donors (Lipinski definition) is 0. The smallest absolute Gasteiger partial charge is 0.0637 e. The average molecular weight is 730 g/mol. The second-order valence-corrected chi connectivity index (χ2v) is 17.7. The maximum absolute atomic E-state index is 2.55. The summed E-state index contributed by atoms with van der Waals surface area (Å²) in [5.74, 6) is 0.899. The molecule has 2 aromatic heterocycles. The van der Waals surface area contributed by atoms with Crippen molar-refractivity contribution >= 4 is 80.0 Å². The summed E-state index contributed by atoms with van der Waals surface area (Å²) in [6.07, 6.45) is 16.1. The molecule has 0 fully saturated rings. The molecule has 0 amide bonds. The molecular weight excluding hydrogens is 691 g/mol. The van der Waals surface area contributed by atoms with E-state index in [0.29, 0.717) is 11.8 Å². The van der Waals surface area contributed by atoms with Crippen molar-refractivity contribution in [1.29, 1.82) is 0 Å². The molecule has 0 radical (unpaired) electrons. The van der Waals surface area contributed by atoms with Crippen LogP contribution >= 0.6 is 22.7 Å². The van der Waals surface area contributed by atoms with Crippen LogP contribution in [0.15, 0.2) is 170 Å². The third kappa shape index (κ3) is 4.81. The van der Waals surface area contributed by atoms with Gasteiger partial charge in [0.25, 0.3) is 0 Å². The molecule has 3 heteroatoms. The summed E-state index contributed by atoms with van der Waals surface area (Å²) in [7, 11) is 0. The van der Waals surface area contributed by atoms with Crippen LogP contribution in [0.5, 0.6) is 0 Å². The lowest BCUT2D eigenvalue weighted by Gasteiger charge is -2.30. The SMILES string of the molecule is CC1(C)c2ccc3c(sc4c(N(C5=CC=C(c6cccc7c6sc6ccccc67)CC5)c5ccc(-c6ccccc6)cc5)cccc43)c2C2C=CC=CC21. The molecule has 2 unspecified atom stereocenters. The lowest BCUT2D eigenvalue weighted by Crippen LogP contribution is -2.24. The third-order valence-corrected chi connectivity index (χ3v) is 14.8. The van der Waals surface area contributed by atoms with Crippen LogP contribution < -0.4 is 4.90 Å². The summed E-state index contributed by atoms with van der Waals surface area (Å²) in [4.78, 5) is 2.55. The molecule has 0 aliphatic heterocycles. The van der Waals surface area contributed by atoms with Gasteiger partial charge >= 0.3 is 0 Å². The number of hydrogen-bond acceptors (Lipinski definition) is 3. The third-order valence-electron chi connectivity index (χ3n) is 12.3. The number of thiophene rings is 2. The van der Waals surface area contributed by atoms with Gasteiger partial charge in [0.1, 0.15) is 0 Å². The standard InChI is InChI=1S/C51H39NS2/c1-51(2)43-19-8-6-15-42(43)47-44(51)31-30-41-40-18-11-20-45(49(40)54-50(41)47)52(35-26-22-33(23-27-35)32-12-4-3-5-13-32)36-28-24-34(25-29-36)37-16-10-17-39-38-14-7-9-21-46(38)53-48(37)39/h3-24,26-28,30-31,42-43H,25,29H2,1-2H3. The van der Waals surface area contributed by atoms with E-state index in [1.165, 1.54) is 90.8 Å². The predicted octanol–water partition coefficient (Wildman–Crippen LogP) is 15.1. The summed E-state index contributed by atoms with van der Waals surface area (Å²) in [6, 6.07) is 47.4. The summed E-state index contributed by atoms with van der Waals surface area (Å²) < 4.78 is 5.56. The fourth-order valence-corrected chi connectivity index (χ4v) is 12.3. The molecule has 11 rings (SSSR count). The van der Waals surface area contributed by atoms with Crippen molar-refractivity contribution in [2.24, 2.45) is 5.92 Å². The van der Waals surface area contributed by atoms with Gasteiger partial charge in [0.2, 0.25) is 0 Å². The van der Waals surface area contributed by atoms with E-state index in [1.807, 2.05) is 22.7 Å². The van der Waals surface area contributed by atoms with Gasteiger partial charge < -0.3 is 4.90 Å². The maximum atomic E-state index is 2.55. The molecule has 0 spiro atoms. The van der Waals surface area contributed by atoms with Crippen LogP contribution in [0, 0.1) is 5.92 Å². The first kappa shape index (κ1) is 32.0. The molecule has 8 aromatic rings. The first-order valence-corrected chi connectivity index (χ1v) is 20.8. The Morgan fingerprint density at radius 1 is 0.574 bits per heavy atom. The highest BCUT2D eigenvalue weighted by molar-refractivity contribution is 7.26. The first-order chi connectivity index (χ1) is 26.5. The normalized spacial score (nSPS) is 18.6. The quantitative estimate of drug-likeness (QED) is 0.170. The van der Waals surface area contributed by atoms with Crippen LogP contribution in [0.1, 0.15) is 49.3 Å². The molecule has 0 saturated heterocycles. The fraction of sp³-hybridized carbons (Fsp3) is 0.137. The second kappa shape index (κ2) is 12.3. The average Bonchev–Trinajstić information content (AvgIpc) is 3.87. The maximum Gasteiger partial charge on any atom is 0.0637 e. The van der Waals surface area contributed by atoms with Crippen molar-refractivity contribution in [2.75, 3.05) is 4.90 Å². The Labute approximate surface area is 324 Å². The zero-order valence-electron chi connectivity index (χ0n) is 30.4. The van der Waals surface area contributed by atoms with E-state index < -0.39 is 0 Å². The van der Waals surface area contributed by atoms with E-state index in [4.69, 9.17) is 0 Å². The van der Waals surface area contributed by atoms with Gasteiger partial charge in [-0.25, -0.2) is 0 Å². The van der Waals surface area contributed by atoms with E-state index in [0.717, 1.165) is 12.8 Å². The molecule has 2 atom stereocenters. The van der Waals surface area contributed by atoms with E-state index >= 15 is 0 Å². The second-order valence-electron chi connectivity index (χ2n) is 15.6. The summed E-state index contributed by atoms with van der Waals surface area (Å²) >= 11 is 3.92. The van der Waals surface area contributed by atoms with Gasteiger partial charge in [-0.05, 0) is 87.9 Å². The number of rotatable bonds is 5. The number of nitrogens with zero attached hydrogens (tertiary/aromatic N) is 1. The molecule has 0 bridgehead atoms. The van der Waals surface area contributed by atoms with E-state index in [2.05, 4.69) is 183 Å². The molecule has 0 saturated carbocycles. The lowest BCUT2D eigenvalue weighted by molar-refractivity contribution is 0.394. The number of allylic oxidation sites excluding steroid dienone is 8. The van der Waals surface area contributed by atoms with E-state index in [-0.39, 0.29) is 5.41 Å². The molecule has 3 aliphatic carbocycles. The Kier molecular flexibility index (Phi) is 7.27. The van der Waals surface area contributed by atoms with Crippen molar-refractivity contribution < 1.29 is 0 Å². The topological polar surface area (TPSA) is 3.24 Å². The van der Waals surface area contributed by atoms with Crippen molar-refractivity contribution in [3.8, 4) is 11.1 Å². The molecule has 1 nitrogen and oxygen atoms in total. The highest BCUT2D eigenvalue weighted by atomic mass is 32.1. The molecule has 3 aliphatic rings. The Balaban J connectivity index is 1.08. The molecule has 260 valence electrons. The zero-order chi connectivity index (χ0) is 36.0. The number of benzene rings is 6. The van der Waals surface area contributed by atoms with Crippen LogP contribution in [-0.2, 0) is 5.41 Å². The molecule has 6 aromatic carbocycles. The number of fused-ring (bicyclic) bond motifs is 10. The van der Waals surface area contributed by atoms with Gasteiger partial charge in [0.15, 0.2) is 0 Å². The Hall–Kier alpha value is -5.48. The Morgan fingerprint density at radius 2 is 1.30 bits per heavy atom. The van der Waals surface area contributed by atoms with Gasteiger partial charge in [0.05, 0.1) is 10.4 Å². The van der Waals surface area contributed by atoms with E-state index in [1.54, 1.807) is 0 Å². The van der Waals surface area contributed by atoms with Crippen LogP contribution in [0.2, 0.25) is 0 Å². The highest BCUT2D eigenvalue weighted by Crippen LogP contribution is 2.57. The van der Waals surface area contributed by atoms with Crippen molar-refractivity contribution in [3.05, 3.63) is 186 Å². The van der Waals surface area contributed by atoms with Gasteiger partial charge in [-0.2, -0.15) is 0 Å². The monoisotopic (exact) mass is 729 g/mol. The molecular formula is C51H39NS2. The summed E-state index contributed by atoms with van der Waals surface area (Å²) in [6.45, 7) is 4.87. The zero-order valence-corrected chi connectivity index (χ0v) is 32.1. The lowest BCUT2D eigenvalue weighted by atomic mass is 9.74. The summed E-state index contributed by atoms with van der Waals surface area (Å²) in [5, 5.41) is 5.45. The van der Waals surface area contributed by atoms with Crippen LogP contribution in [0.4, 0.5) is 11.4 Å². The largest absolute Gasteiger partial charge is 0.313 e.